The molecule has 0 radical (unpaired) electrons. The van der Waals surface area contributed by atoms with Crippen LogP contribution in [0.3, 0.4) is 0 Å². The van der Waals surface area contributed by atoms with Crippen LogP contribution in [-0.4, -0.2) is 24.8 Å². The zero-order chi connectivity index (χ0) is 11.2. The fraction of sp³-hybridized carbons (Fsp3) is 1.00. The Morgan fingerprint density at radius 2 is 1.71 bits per heavy atom. The molecule has 5 atom stereocenters. The molecule has 4 rings (SSSR count). The van der Waals surface area contributed by atoms with Crippen molar-refractivity contribution in [3.05, 3.63) is 0 Å². The Kier molecular flexibility index (Phi) is 2.69. The maximum absolute atomic E-state index is 6.53. The van der Waals surface area contributed by atoms with E-state index in [0.29, 0.717) is 12.2 Å². The van der Waals surface area contributed by atoms with Gasteiger partial charge in [0.05, 0.1) is 12.2 Å². The largest absolute Gasteiger partial charge is 0.373 e. The Balaban J connectivity index is 1.42. The number of hydrogen-bond donors (Lipinski definition) is 1. The normalized spacial score (nSPS) is 49.8. The lowest BCUT2D eigenvalue weighted by Gasteiger charge is -2.31. The van der Waals surface area contributed by atoms with E-state index in [1.54, 1.807) is 0 Å². The molecule has 0 aromatic rings. The fourth-order valence-electron chi connectivity index (χ4n) is 5.03. The first-order chi connectivity index (χ1) is 8.42. The SMILES string of the molecule is C1CCCC(OC2C3CC4CNC2C4C3)CC1. The maximum atomic E-state index is 6.53. The van der Waals surface area contributed by atoms with Gasteiger partial charge in [-0.3, -0.25) is 0 Å². The summed E-state index contributed by atoms with van der Waals surface area (Å²) in [5, 5.41) is 3.74. The van der Waals surface area contributed by atoms with Gasteiger partial charge in [-0.05, 0) is 50.0 Å². The lowest BCUT2D eigenvalue weighted by atomic mass is 9.88. The summed E-state index contributed by atoms with van der Waals surface area (Å²) in [4.78, 5) is 0. The van der Waals surface area contributed by atoms with Crippen molar-refractivity contribution in [1.82, 2.24) is 5.32 Å². The van der Waals surface area contributed by atoms with Crippen molar-refractivity contribution >= 4 is 0 Å². The van der Waals surface area contributed by atoms with Gasteiger partial charge in [0.2, 0.25) is 0 Å². The van der Waals surface area contributed by atoms with Gasteiger partial charge in [0.25, 0.3) is 0 Å². The Bertz CT molecular complexity index is 283. The number of rotatable bonds is 2. The van der Waals surface area contributed by atoms with Crippen molar-refractivity contribution in [3.63, 3.8) is 0 Å². The molecular weight excluding hydrogens is 210 g/mol. The third-order valence-corrected chi connectivity index (χ3v) is 5.83. The first-order valence-electron chi connectivity index (χ1n) is 7.80. The first-order valence-corrected chi connectivity index (χ1v) is 7.80. The molecule has 2 heteroatoms. The summed E-state index contributed by atoms with van der Waals surface area (Å²) in [6.07, 6.45) is 12.4. The first kappa shape index (κ1) is 10.8. The van der Waals surface area contributed by atoms with E-state index in [4.69, 9.17) is 4.74 Å². The van der Waals surface area contributed by atoms with Gasteiger partial charge in [-0.15, -0.1) is 0 Å². The van der Waals surface area contributed by atoms with E-state index >= 15 is 0 Å². The van der Waals surface area contributed by atoms with E-state index in [1.807, 2.05) is 0 Å². The predicted molar refractivity (Wildman–Crippen MR) is 67.9 cm³/mol. The molecule has 1 N–H and O–H groups in total. The van der Waals surface area contributed by atoms with Crippen LogP contribution in [0.2, 0.25) is 0 Å². The summed E-state index contributed by atoms with van der Waals surface area (Å²) in [6, 6.07) is 0.724. The highest BCUT2D eigenvalue weighted by molar-refractivity contribution is 5.10. The van der Waals surface area contributed by atoms with Crippen LogP contribution in [0.15, 0.2) is 0 Å². The molecule has 0 spiro atoms. The maximum Gasteiger partial charge on any atom is 0.0762 e. The van der Waals surface area contributed by atoms with Crippen LogP contribution in [0, 0.1) is 17.8 Å². The highest BCUT2D eigenvalue weighted by Crippen LogP contribution is 2.53. The molecule has 2 nitrogen and oxygen atoms in total. The number of ether oxygens (including phenoxy) is 1. The molecule has 4 fully saturated rings. The average Bonchev–Trinajstić information content (AvgIpc) is 2.85. The summed E-state index contributed by atoms with van der Waals surface area (Å²) in [7, 11) is 0. The van der Waals surface area contributed by atoms with Crippen LogP contribution < -0.4 is 5.32 Å². The predicted octanol–water partition coefficient (Wildman–Crippen LogP) is 2.72. The molecule has 0 aromatic heterocycles. The molecule has 3 aliphatic carbocycles. The smallest absolute Gasteiger partial charge is 0.0762 e. The van der Waals surface area contributed by atoms with Crippen LogP contribution in [0.25, 0.3) is 0 Å². The van der Waals surface area contributed by atoms with Crippen molar-refractivity contribution in [3.8, 4) is 0 Å². The molecule has 17 heavy (non-hydrogen) atoms. The van der Waals surface area contributed by atoms with Gasteiger partial charge in [0, 0.05) is 6.04 Å². The monoisotopic (exact) mass is 235 g/mol. The molecule has 2 bridgehead atoms. The molecule has 3 saturated carbocycles. The molecule has 5 unspecified atom stereocenters. The van der Waals surface area contributed by atoms with Gasteiger partial charge in [0.15, 0.2) is 0 Å². The molecule has 96 valence electrons. The minimum Gasteiger partial charge on any atom is -0.373 e. The van der Waals surface area contributed by atoms with E-state index in [2.05, 4.69) is 5.32 Å². The van der Waals surface area contributed by atoms with Gasteiger partial charge in [0.1, 0.15) is 0 Å². The third-order valence-electron chi connectivity index (χ3n) is 5.83. The molecule has 0 aromatic carbocycles. The minimum atomic E-state index is 0.571. The zero-order valence-corrected chi connectivity index (χ0v) is 10.7. The van der Waals surface area contributed by atoms with Crippen LogP contribution in [0.1, 0.15) is 51.4 Å². The summed E-state index contributed by atoms with van der Waals surface area (Å²) >= 11 is 0. The Morgan fingerprint density at radius 1 is 0.882 bits per heavy atom. The summed E-state index contributed by atoms with van der Waals surface area (Å²) in [5.74, 6) is 2.86. The second-order valence-corrected chi connectivity index (χ2v) is 6.80. The van der Waals surface area contributed by atoms with Crippen molar-refractivity contribution in [2.45, 2.75) is 69.6 Å². The highest BCUT2D eigenvalue weighted by Gasteiger charge is 2.56. The Hall–Kier alpha value is -0.0800. The molecule has 1 heterocycles. The average molecular weight is 235 g/mol. The summed E-state index contributed by atoms with van der Waals surface area (Å²) in [6.45, 7) is 1.27. The van der Waals surface area contributed by atoms with Crippen molar-refractivity contribution < 1.29 is 4.74 Å². The van der Waals surface area contributed by atoms with E-state index in [1.165, 1.54) is 57.9 Å². The Labute approximate surface area is 104 Å². The van der Waals surface area contributed by atoms with Crippen LogP contribution in [-0.2, 0) is 4.74 Å². The quantitative estimate of drug-likeness (QED) is 0.743. The summed E-state index contributed by atoms with van der Waals surface area (Å²) < 4.78 is 6.53. The number of hydrogen-bond acceptors (Lipinski definition) is 2. The van der Waals surface area contributed by atoms with Gasteiger partial charge in [-0.1, -0.05) is 25.7 Å². The minimum absolute atomic E-state index is 0.571. The molecule has 4 aliphatic rings. The van der Waals surface area contributed by atoms with Gasteiger partial charge < -0.3 is 10.1 Å². The zero-order valence-electron chi connectivity index (χ0n) is 10.7. The molecule has 1 aliphatic heterocycles. The number of nitrogens with one attached hydrogen (secondary N) is 1. The van der Waals surface area contributed by atoms with Crippen molar-refractivity contribution in [2.24, 2.45) is 17.8 Å². The number of fused-ring (bicyclic) bond motifs is 1. The summed E-state index contributed by atoms with van der Waals surface area (Å²) in [5.41, 5.74) is 0. The second kappa shape index (κ2) is 4.24. The van der Waals surface area contributed by atoms with E-state index in [9.17, 15) is 0 Å². The lowest BCUT2D eigenvalue weighted by molar-refractivity contribution is -0.0552. The van der Waals surface area contributed by atoms with Crippen LogP contribution in [0.5, 0.6) is 0 Å². The van der Waals surface area contributed by atoms with Gasteiger partial charge in [-0.25, -0.2) is 0 Å². The van der Waals surface area contributed by atoms with Gasteiger partial charge in [-0.2, -0.15) is 0 Å². The molecular formula is C15H25NO. The van der Waals surface area contributed by atoms with Crippen LogP contribution >= 0.6 is 0 Å². The molecule has 1 saturated heterocycles. The topological polar surface area (TPSA) is 21.3 Å². The molecule has 0 amide bonds. The van der Waals surface area contributed by atoms with Crippen molar-refractivity contribution in [2.75, 3.05) is 6.54 Å². The third kappa shape index (κ3) is 1.76. The Morgan fingerprint density at radius 3 is 2.53 bits per heavy atom. The fourth-order valence-corrected chi connectivity index (χ4v) is 5.03. The van der Waals surface area contributed by atoms with E-state index in [0.717, 1.165) is 23.8 Å². The van der Waals surface area contributed by atoms with E-state index < -0.39 is 0 Å². The van der Waals surface area contributed by atoms with Crippen LogP contribution in [0.4, 0.5) is 0 Å². The lowest BCUT2D eigenvalue weighted by Crippen LogP contribution is -2.41. The highest BCUT2D eigenvalue weighted by atomic mass is 16.5. The second-order valence-electron chi connectivity index (χ2n) is 6.80. The standard InChI is InChI=1S/C15H25NO/c1-2-4-6-12(5-3-1)17-15-10-7-11-9-16-14(15)13(11)8-10/h10-16H,1-9H2. The van der Waals surface area contributed by atoms with E-state index in [-0.39, 0.29) is 0 Å². The van der Waals surface area contributed by atoms with Gasteiger partial charge >= 0.3 is 0 Å². The van der Waals surface area contributed by atoms with Crippen molar-refractivity contribution in [1.29, 1.82) is 0 Å².